The molecule has 0 aliphatic rings. The lowest BCUT2D eigenvalue weighted by Crippen LogP contribution is -1.85. The monoisotopic (exact) mass is 215 g/mol. The average Bonchev–Trinajstić information content (AvgIpc) is 2.28. The molecule has 2 aromatic carbocycles. The van der Waals surface area contributed by atoms with E-state index in [1.807, 2.05) is 0 Å². The highest BCUT2D eigenvalue weighted by Crippen LogP contribution is 2.33. The van der Waals surface area contributed by atoms with Gasteiger partial charge in [0.25, 0.3) is 0 Å². The van der Waals surface area contributed by atoms with E-state index in [9.17, 15) is 10.2 Å². The smallest absolute Gasteiger partial charge is 0.124 e. The summed E-state index contributed by atoms with van der Waals surface area (Å²) in [6.45, 7) is 0. The molecule has 2 N–H and O–H groups in total. The quantitative estimate of drug-likeness (QED) is 0.809. The van der Waals surface area contributed by atoms with Crippen molar-refractivity contribution in [3.05, 3.63) is 42.5 Å². The normalized spacial score (nSPS) is 10.1. The lowest BCUT2D eigenvalue weighted by Gasteiger charge is -2.07. The average molecular weight is 215 g/mol. The second-order valence-corrected chi connectivity index (χ2v) is 3.35. The zero-order valence-corrected chi connectivity index (χ0v) is 8.77. The van der Waals surface area contributed by atoms with Crippen LogP contribution in [-0.2, 0) is 0 Å². The molecule has 1 radical (unpaired) electrons. The summed E-state index contributed by atoms with van der Waals surface area (Å²) in [4.78, 5) is 0. The van der Waals surface area contributed by atoms with Crippen LogP contribution in [0.3, 0.4) is 0 Å². The lowest BCUT2D eigenvalue weighted by molar-refractivity contribution is 0.408. The Morgan fingerprint density at radius 3 is 2.69 bits per heavy atom. The minimum atomic E-state index is 0.0889. The second kappa shape index (κ2) is 4.14. The number of methoxy groups -OCH3 is 1. The van der Waals surface area contributed by atoms with Gasteiger partial charge in [0, 0.05) is 11.6 Å². The number of hydrogen-bond acceptors (Lipinski definition) is 3. The van der Waals surface area contributed by atoms with E-state index in [0.29, 0.717) is 16.9 Å². The summed E-state index contributed by atoms with van der Waals surface area (Å²) < 4.78 is 5.04. The molecule has 0 spiro atoms. The highest BCUT2D eigenvalue weighted by molar-refractivity contribution is 5.71. The molecule has 2 aromatic rings. The van der Waals surface area contributed by atoms with Gasteiger partial charge in [-0.1, -0.05) is 12.1 Å². The first-order chi connectivity index (χ1) is 7.70. The zero-order chi connectivity index (χ0) is 11.5. The molecular weight excluding hydrogens is 204 g/mol. The van der Waals surface area contributed by atoms with Crippen LogP contribution in [0.15, 0.2) is 36.4 Å². The fraction of sp³-hybridized carbons (Fsp3) is 0.0769. The molecule has 0 saturated carbocycles. The summed E-state index contributed by atoms with van der Waals surface area (Å²) in [5.74, 6) is 0.743. The van der Waals surface area contributed by atoms with Crippen molar-refractivity contribution in [2.75, 3.05) is 7.11 Å². The minimum Gasteiger partial charge on any atom is -0.508 e. The summed E-state index contributed by atoms with van der Waals surface area (Å²) in [6, 6.07) is 12.7. The van der Waals surface area contributed by atoms with E-state index in [0.717, 1.165) is 0 Å². The SMILES string of the molecule is COc1cc(O)cc(-c2[c]cccc2O)c1. The molecular formula is C13H11O3. The van der Waals surface area contributed by atoms with Gasteiger partial charge in [0.2, 0.25) is 0 Å². The van der Waals surface area contributed by atoms with Crippen LogP contribution in [0.25, 0.3) is 11.1 Å². The predicted octanol–water partition coefficient (Wildman–Crippen LogP) is 2.57. The first kappa shape index (κ1) is 10.4. The Bertz CT molecular complexity index is 506. The molecule has 81 valence electrons. The molecule has 16 heavy (non-hydrogen) atoms. The van der Waals surface area contributed by atoms with Crippen molar-refractivity contribution >= 4 is 0 Å². The van der Waals surface area contributed by atoms with Crippen LogP contribution in [0, 0.1) is 6.07 Å². The third kappa shape index (κ3) is 1.93. The molecule has 0 unspecified atom stereocenters. The second-order valence-electron chi connectivity index (χ2n) is 3.35. The van der Waals surface area contributed by atoms with Crippen molar-refractivity contribution in [3.8, 4) is 28.4 Å². The Morgan fingerprint density at radius 2 is 2.00 bits per heavy atom. The first-order valence-corrected chi connectivity index (χ1v) is 4.79. The van der Waals surface area contributed by atoms with E-state index in [1.54, 1.807) is 30.3 Å². The number of phenolic OH excluding ortho intramolecular Hbond substituents is 2. The molecule has 0 atom stereocenters. The van der Waals surface area contributed by atoms with E-state index < -0.39 is 0 Å². The van der Waals surface area contributed by atoms with Crippen LogP contribution in [0.4, 0.5) is 0 Å². The molecule has 2 rings (SSSR count). The fourth-order valence-electron chi connectivity index (χ4n) is 1.50. The van der Waals surface area contributed by atoms with Crippen molar-refractivity contribution in [2.24, 2.45) is 0 Å². The molecule has 0 aliphatic carbocycles. The van der Waals surface area contributed by atoms with E-state index in [1.165, 1.54) is 13.2 Å². The number of aromatic hydroxyl groups is 2. The number of benzene rings is 2. The van der Waals surface area contributed by atoms with Gasteiger partial charge in [0.15, 0.2) is 0 Å². The van der Waals surface area contributed by atoms with Crippen LogP contribution in [-0.4, -0.2) is 17.3 Å². The molecule has 0 bridgehead atoms. The van der Waals surface area contributed by atoms with Gasteiger partial charge in [-0.05, 0) is 29.8 Å². The summed E-state index contributed by atoms with van der Waals surface area (Å²) in [5.41, 5.74) is 1.20. The van der Waals surface area contributed by atoms with Gasteiger partial charge in [-0.15, -0.1) is 0 Å². The van der Waals surface area contributed by atoms with Gasteiger partial charge < -0.3 is 14.9 Å². The van der Waals surface area contributed by atoms with E-state index in [-0.39, 0.29) is 11.5 Å². The largest absolute Gasteiger partial charge is 0.508 e. The van der Waals surface area contributed by atoms with E-state index in [4.69, 9.17) is 4.74 Å². The molecule has 0 amide bonds. The Balaban J connectivity index is 2.56. The molecule has 3 heteroatoms. The van der Waals surface area contributed by atoms with E-state index >= 15 is 0 Å². The number of hydrogen-bond donors (Lipinski definition) is 2. The van der Waals surface area contributed by atoms with Crippen molar-refractivity contribution in [3.63, 3.8) is 0 Å². The Labute approximate surface area is 93.6 Å². The third-order valence-electron chi connectivity index (χ3n) is 2.25. The van der Waals surface area contributed by atoms with Gasteiger partial charge in [-0.25, -0.2) is 0 Å². The van der Waals surface area contributed by atoms with Gasteiger partial charge in [-0.2, -0.15) is 0 Å². The van der Waals surface area contributed by atoms with Gasteiger partial charge in [0.05, 0.1) is 7.11 Å². The lowest BCUT2D eigenvalue weighted by atomic mass is 10.0. The topological polar surface area (TPSA) is 49.7 Å². The Kier molecular flexibility index (Phi) is 2.68. The maximum absolute atomic E-state index is 9.66. The summed E-state index contributed by atoms with van der Waals surface area (Å²) >= 11 is 0. The van der Waals surface area contributed by atoms with E-state index in [2.05, 4.69) is 6.07 Å². The maximum Gasteiger partial charge on any atom is 0.124 e. The van der Waals surface area contributed by atoms with Crippen molar-refractivity contribution in [1.29, 1.82) is 0 Å². The van der Waals surface area contributed by atoms with Crippen LogP contribution in [0.1, 0.15) is 0 Å². The molecule has 0 fully saturated rings. The van der Waals surface area contributed by atoms with Crippen LogP contribution >= 0.6 is 0 Å². The maximum atomic E-state index is 9.66. The van der Waals surface area contributed by atoms with Gasteiger partial charge in [0.1, 0.15) is 17.2 Å². The summed E-state index contributed by atoms with van der Waals surface area (Å²) in [7, 11) is 1.52. The molecule has 3 nitrogen and oxygen atoms in total. The summed E-state index contributed by atoms with van der Waals surface area (Å²) in [5, 5.41) is 19.2. The van der Waals surface area contributed by atoms with Crippen molar-refractivity contribution < 1.29 is 14.9 Å². The Morgan fingerprint density at radius 1 is 1.19 bits per heavy atom. The fourth-order valence-corrected chi connectivity index (χ4v) is 1.50. The first-order valence-electron chi connectivity index (χ1n) is 4.79. The zero-order valence-electron chi connectivity index (χ0n) is 8.77. The highest BCUT2D eigenvalue weighted by atomic mass is 16.5. The van der Waals surface area contributed by atoms with Crippen LogP contribution < -0.4 is 4.74 Å². The molecule has 0 aromatic heterocycles. The van der Waals surface area contributed by atoms with Gasteiger partial charge in [-0.3, -0.25) is 0 Å². The standard InChI is InChI=1S/C13H11O3/c1-16-11-7-9(6-10(14)8-11)12-4-2-3-5-13(12)15/h2-3,5-8,14-15H,1H3. The minimum absolute atomic E-state index is 0.0889. The molecule has 0 aliphatic heterocycles. The molecule has 0 saturated heterocycles. The van der Waals surface area contributed by atoms with Crippen molar-refractivity contribution in [2.45, 2.75) is 0 Å². The van der Waals surface area contributed by atoms with Crippen LogP contribution in [0.5, 0.6) is 17.2 Å². The van der Waals surface area contributed by atoms with Gasteiger partial charge >= 0.3 is 0 Å². The Hall–Kier alpha value is -2.16. The highest BCUT2D eigenvalue weighted by Gasteiger charge is 2.06. The number of ether oxygens (including phenoxy) is 1. The number of rotatable bonds is 2. The summed E-state index contributed by atoms with van der Waals surface area (Å²) in [6.07, 6.45) is 0. The van der Waals surface area contributed by atoms with Crippen LogP contribution in [0.2, 0.25) is 0 Å². The predicted molar refractivity (Wildman–Crippen MR) is 60.6 cm³/mol. The molecule has 0 heterocycles. The number of phenols is 2. The van der Waals surface area contributed by atoms with Crippen molar-refractivity contribution in [1.82, 2.24) is 0 Å². The third-order valence-corrected chi connectivity index (χ3v) is 2.25.